The first-order valence-electron chi connectivity index (χ1n) is 6.30. The average Bonchev–Trinajstić information content (AvgIpc) is 2.84. The van der Waals surface area contributed by atoms with E-state index >= 15 is 0 Å². The molecule has 15 heavy (non-hydrogen) atoms. The van der Waals surface area contributed by atoms with E-state index in [2.05, 4.69) is 5.32 Å². The summed E-state index contributed by atoms with van der Waals surface area (Å²) in [5.74, 6) is 1.02. The van der Waals surface area contributed by atoms with Crippen molar-refractivity contribution in [2.45, 2.75) is 51.0 Å². The molecule has 0 spiro atoms. The highest BCUT2D eigenvalue weighted by atomic mass is 16.1. The van der Waals surface area contributed by atoms with Crippen LogP contribution in [0.1, 0.15) is 44.9 Å². The van der Waals surface area contributed by atoms with Gasteiger partial charge in [0.2, 0.25) is 5.91 Å². The molecule has 2 fully saturated rings. The minimum atomic E-state index is 0.0893. The summed E-state index contributed by atoms with van der Waals surface area (Å²) in [6.45, 7) is 0.877. The molecule has 3 heteroatoms. The van der Waals surface area contributed by atoms with E-state index in [1.54, 1.807) is 0 Å². The largest absolute Gasteiger partial charge is 0.356 e. The van der Waals surface area contributed by atoms with Crippen molar-refractivity contribution in [3.8, 4) is 0 Å². The van der Waals surface area contributed by atoms with Crippen LogP contribution in [0, 0.1) is 11.8 Å². The van der Waals surface area contributed by atoms with Crippen LogP contribution in [0.2, 0.25) is 0 Å². The number of amides is 1. The summed E-state index contributed by atoms with van der Waals surface area (Å²) in [4.78, 5) is 11.8. The van der Waals surface area contributed by atoms with Crippen LogP contribution in [0.15, 0.2) is 0 Å². The third-order valence-electron chi connectivity index (χ3n) is 3.95. The van der Waals surface area contributed by atoms with Gasteiger partial charge >= 0.3 is 0 Å². The molecule has 0 aromatic carbocycles. The van der Waals surface area contributed by atoms with E-state index in [-0.39, 0.29) is 17.9 Å². The molecule has 0 heterocycles. The van der Waals surface area contributed by atoms with Crippen LogP contribution in [0.5, 0.6) is 0 Å². The fourth-order valence-electron chi connectivity index (χ4n) is 2.90. The van der Waals surface area contributed by atoms with Crippen molar-refractivity contribution in [2.75, 3.05) is 6.54 Å². The molecule has 86 valence electrons. The molecular formula is C12H22N2O. The highest BCUT2D eigenvalue weighted by Gasteiger charge is 2.30. The molecule has 1 amide bonds. The molecule has 2 aliphatic rings. The van der Waals surface area contributed by atoms with Crippen molar-refractivity contribution in [3.05, 3.63) is 0 Å². The zero-order valence-corrected chi connectivity index (χ0v) is 9.37. The molecule has 0 aromatic rings. The number of hydrogen-bond acceptors (Lipinski definition) is 2. The van der Waals surface area contributed by atoms with Gasteiger partial charge in [-0.3, -0.25) is 4.79 Å². The Labute approximate surface area is 91.8 Å². The smallest absolute Gasteiger partial charge is 0.224 e. The molecule has 2 saturated carbocycles. The highest BCUT2D eigenvalue weighted by Crippen LogP contribution is 2.26. The van der Waals surface area contributed by atoms with Crippen LogP contribution in [0.4, 0.5) is 0 Å². The Bertz CT molecular complexity index is 224. The minimum absolute atomic E-state index is 0.0893. The van der Waals surface area contributed by atoms with Gasteiger partial charge < -0.3 is 11.1 Å². The number of nitrogens with two attached hydrogens (primary N) is 1. The standard InChI is InChI=1S/C12H22N2O/c13-11-7-3-6-10(11)12(15)14-8-9-4-1-2-5-9/h9-11H,1-8,13H2,(H,14,15). The summed E-state index contributed by atoms with van der Waals surface area (Å²) in [6, 6.07) is 0.105. The van der Waals surface area contributed by atoms with Crippen molar-refractivity contribution >= 4 is 5.91 Å². The quantitative estimate of drug-likeness (QED) is 0.740. The summed E-state index contributed by atoms with van der Waals surface area (Å²) in [5.41, 5.74) is 5.90. The first kappa shape index (κ1) is 10.9. The second kappa shape index (κ2) is 4.97. The highest BCUT2D eigenvalue weighted by molar-refractivity contribution is 5.79. The number of carbonyl (C=O) groups is 1. The summed E-state index contributed by atoms with van der Waals surface area (Å²) >= 11 is 0. The van der Waals surface area contributed by atoms with E-state index in [4.69, 9.17) is 5.73 Å². The Kier molecular flexibility index (Phi) is 3.62. The van der Waals surface area contributed by atoms with E-state index in [0.717, 1.165) is 31.7 Å². The second-order valence-electron chi connectivity index (χ2n) is 5.10. The van der Waals surface area contributed by atoms with Gasteiger partial charge in [0.05, 0.1) is 5.92 Å². The van der Waals surface area contributed by atoms with E-state index < -0.39 is 0 Å². The van der Waals surface area contributed by atoms with Gasteiger partial charge in [0, 0.05) is 12.6 Å². The topological polar surface area (TPSA) is 55.1 Å². The van der Waals surface area contributed by atoms with Crippen molar-refractivity contribution in [1.29, 1.82) is 0 Å². The third kappa shape index (κ3) is 2.71. The molecule has 0 bridgehead atoms. The lowest BCUT2D eigenvalue weighted by atomic mass is 10.0. The van der Waals surface area contributed by atoms with Crippen LogP contribution in [-0.4, -0.2) is 18.5 Å². The maximum absolute atomic E-state index is 11.8. The maximum atomic E-state index is 11.8. The molecule has 2 unspecified atom stereocenters. The second-order valence-corrected chi connectivity index (χ2v) is 5.10. The van der Waals surface area contributed by atoms with Crippen LogP contribution in [0.3, 0.4) is 0 Å². The van der Waals surface area contributed by atoms with Crippen LogP contribution in [-0.2, 0) is 4.79 Å². The molecule has 0 radical (unpaired) electrons. The molecule has 0 aromatic heterocycles. The predicted octanol–water partition coefficient (Wildman–Crippen LogP) is 1.42. The summed E-state index contributed by atoms with van der Waals surface area (Å²) in [7, 11) is 0. The van der Waals surface area contributed by atoms with Gasteiger partial charge in [0.15, 0.2) is 0 Å². The van der Waals surface area contributed by atoms with Gasteiger partial charge in [-0.2, -0.15) is 0 Å². The molecule has 2 atom stereocenters. The van der Waals surface area contributed by atoms with Crippen molar-refractivity contribution in [2.24, 2.45) is 17.6 Å². The van der Waals surface area contributed by atoms with Gasteiger partial charge in [0.25, 0.3) is 0 Å². The van der Waals surface area contributed by atoms with Gasteiger partial charge in [-0.1, -0.05) is 19.3 Å². The third-order valence-corrected chi connectivity index (χ3v) is 3.95. The Hall–Kier alpha value is -0.570. The van der Waals surface area contributed by atoms with E-state index in [9.17, 15) is 4.79 Å². The normalized spacial score (nSPS) is 32.1. The zero-order valence-electron chi connectivity index (χ0n) is 9.37. The van der Waals surface area contributed by atoms with E-state index in [1.807, 2.05) is 0 Å². The zero-order chi connectivity index (χ0) is 10.7. The van der Waals surface area contributed by atoms with Gasteiger partial charge in [0.1, 0.15) is 0 Å². The minimum Gasteiger partial charge on any atom is -0.356 e. The molecule has 0 saturated heterocycles. The van der Waals surface area contributed by atoms with E-state index in [0.29, 0.717) is 0 Å². The lowest BCUT2D eigenvalue weighted by molar-refractivity contribution is -0.125. The lowest BCUT2D eigenvalue weighted by Crippen LogP contribution is -2.40. The predicted molar refractivity (Wildman–Crippen MR) is 60.3 cm³/mol. The molecule has 0 aliphatic heterocycles. The first-order chi connectivity index (χ1) is 7.27. The van der Waals surface area contributed by atoms with Crippen molar-refractivity contribution in [1.82, 2.24) is 5.32 Å². The van der Waals surface area contributed by atoms with Crippen LogP contribution in [0.25, 0.3) is 0 Å². The summed E-state index contributed by atoms with van der Waals surface area (Å²) < 4.78 is 0. The molecule has 3 nitrogen and oxygen atoms in total. The fourth-order valence-corrected chi connectivity index (χ4v) is 2.90. The van der Waals surface area contributed by atoms with Crippen LogP contribution >= 0.6 is 0 Å². The molecule has 2 rings (SSSR count). The fraction of sp³-hybridized carbons (Fsp3) is 0.917. The van der Waals surface area contributed by atoms with Crippen molar-refractivity contribution < 1.29 is 4.79 Å². The van der Waals surface area contributed by atoms with Gasteiger partial charge in [-0.25, -0.2) is 0 Å². The maximum Gasteiger partial charge on any atom is 0.224 e. The number of carbonyl (C=O) groups excluding carboxylic acids is 1. The number of nitrogens with one attached hydrogen (secondary N) is 1. The number of rotatable bonds is 3. The summed E-state index contributed by atoms with van der Waals surface area (Å²) in [6.07, 6.45) is 8.36. The monoisotopic (exact) mass is 210 g/mol. The SMILES string of the molecule is NC1CCCC1C(=O)NCC1CCCC1. The van der Waals surface area contributed by atoms with E-state index in [1.165, 1.54) is 25.7 Å². The Morgan fingerprint density at radius 1 is 1.13 bits per heavy atom. The molecule has 2 aliphatic carbocycles. The van der Waals surface area contributed by atoms with Gasteiger partial charge in [-0.05, 0) is 31.6 Å². The average molecular weight is 210 g/mol. The molecular weight excluding hydrogens is 188 g/mol. The van der Waals surface area contributed by atoms with Crippen molar-refractivity contribution in [3.63, 3.8) is 0 Å². The summed E-state index contributed by atoms with van der Waals surface area (Å²) in [5, 5.41) is 3.08. The Morgan fingerprint density at radius 3 is 2.47 bits per heavy atom. The Balaban J connectivity index is 1.71. The molecule has 3 N–H and O–H groups in total. The first-order valence-corrected chi connectivity index (χ1v) is 6.30. The number of hydrogen-bond donors (Lipinski definition) is 2. The van der Waals surface area contributed by atoms with Gasteiger partial charge in [-0.15, -0.1) is 0 Å². The van der Waals surface area contributed by atoms with Crippen LogP contribution < -0.4 is 11.1 Å². The Morgan fingerprint density at radius 2 is 1.87 bits per heavy atom. The lowest BCUT2D eigenvalue weighted by Gasteiger charge is -2.17.